The summed E-state index contributed by atoms with van der Waals surface area (Å²) in [7, 11) is 2.01. The van der Waals surface area contributed by atoms with E-state index >= 15 is 0 Å². The van der Waals surface area contributed by atoms with Gasteiger partial charge in [-0.3, -0.25) is 4.79 Å². The van der Waals surface area contributed by atoms with E-state index in [9.17, 15) is 4.79 Å². The van der Waals surface area contributed by atoms with Crippen LogP contribution < -0.4 is 11.1 Å². The van der Waals surface area contributed by atoms with Crippen LogP contribution in [0.15, 0.2) is 12.1 Å². The minimum absolute atomic E-state index is 0.0416. The number of rotatable bonds is 6. The molecule has 1 heterocycles. The van der Waals surface area contributed by atoms with E-state index in [1.165, 1.54) is 5.69 Å². The highest BCUT2D eigenvalue weighted by molar-refractivity contribution is 5.78. The molecule has 1 unspecified atom stereocenters. The second-order valence-electron chi connectivity index (χ2n) is 4.57. The summed E-state index contributed by atoms with van der Waals surface area (Å²) in [6.45, 7) is 5.24. The summed E-state index contributed by atoms with van der Waals surface area (Å²) in [6, 6.07) is 4.10. The average Bonchev–Trinajstić information content (AvgIpc) is 2.64. The van der Waals surface area contributed by atoms with Gasteiger partial charge < -0.3 is 15.6 Å². The average molecular weight is 237 g/mol. The van der Waals surface area contributed by atoms with Gasteiger partial charge in [0.05, 0.1) is 6.54 Å². The van der Waals surface area contributed by atoms with Crippen molar-refractivity contribution in [3.8, 4) is 0 Å². The predicted molar refractivity (Wildman–Crippen MR) is 69.4 cm³/mol. The van der Waals surface area contributed by atoms with Gasteiger partial charge in [-0.25, -0.2) is 0 Å². The van der Waals surface area contributed by atoms with Crippen molar-refractivity contribution < 1.29 is 4.79 Å². The number of nitrogens with zero attached hydrogens (tertiary/aromatic N) is 1. The van der Waals surface area contributed by atoms with Gasteiger partial charge in [-0.05, 0) is 38.4 Å². The zero-order valence-corrected chi connectivity index (χ0v) is 11.0. The van der Waals surface area contributed by atoms with Gasteiger partial charge in [-0.2, -0.15) is 0 Å². The summed E-state index contributed by atoms with van der Waals surface area (Å²) in [5, 5.41) is 2.96. The Morgan fingerprint density at radius 3 is 2.76 bits per heavy atom. The van der Waals surface area contributed by atoms with Gasteiger partial charge in [0.15, 0.2) is 0 Å². The first-order valence-electron chi connectivity index (χ1n) is 6.15. The molecular formula is C13H23N3O. The SMILES string of the molecule is Cc1ccc(CNC(=O)C(C)CCCN)n1C. The molecule has 0 aromatic carbocycles. The molecule has 4 heteroatoms. The van der Waals surface area contributed by atoms with Crippen LogP contribution in [0.4, 0.5) is 0 Å². The lowest BCUT2D eigenvalue weighted by Crippen LogP contribution is -2.29. The third-order valence-electron chi connectivity index (χ3n) is 3.21. The molecule has 1 atom stereocenters. The van der Waals surface area contributed by atoms with E-state index in [2.05, 4.69) is 22.9 Å². The van der Waals surface area contributed by atoms with Crippen LogP contribution in [0.5, 0.6) is 0 Å². The summed E-state index contributed by atoms with van der Waals surface area (Å²) in [4.78, 5) is 11.8. The van der Waals surface area contributed by atoms with E-state index in [4.69, 9.17) is 5.73 Å². The van der Waals surface area contributed by atoms with Gasteiger partial charge in [0.25, 0.3) is 0 Å². The highest BCUT2D eigenvalue weighted by Crippen LogP contribution is 2.07. The lowest BCUT2D eigenvalue weighted by Gasteiger charge is -2.12. The number of aryl methyl sites for hydroxylation is 1. The minimum atomic E-state index is 0.0416. The first kappa shape index (κ1) is 13.8. The number of amides is 1. The topological polar surface area (TPSA) is 60.1 Å². The molecule has 0 radical (unpaired) electrons. The Labute approximate surface area is 103 Å². The fourth-order valence-electron chi connectivity index (χ4n) is 1.75. The van der Waals surface area contributed by atoms with Gasteiger partial charge in [0.1, 0.15) is 0 Å². The van der Waals surface area contributed by atoms with Crippen LogP contribution in [-0.4, -0.2) is 17.0 Å². The van der Waals surface area contributed by atoms with Crippen molar-refractivity contribution in [1.29, 1.82) is 0 Å². The number of aromatic nitrogens is 1. The molecule has 1 rings (SSSR count). The van der Waals surface area contributed by atoms with Crippen molar-refractivity contribution in [2.45, 2.75) is 33.2 Å². The third-order valence-corrected chi connectivity index (χ3v) is 3.21. The normalized spacial score (nSPS) is 12.5. The second-order valence-corrected chi connectivity index (χ2v) is 4.57. The molecule has 1 aromatic rings. The highest BCUT2D eigenvalue weighted by Gasteiger charge is 2.12. The smallest absolute Gasteiger partial charge is 0.223 e. The molecule has 0 fully saturated rings. The Balaban J connectivity index is 2.40. The summed E-state index contributed by atoms with van der Waals surface area (Å²) >= 11 is 0. The fourth-order valence-corrected chi connectivity index (χ4v) is 1.75. The molecule has 0 bridgehead atoms. The monoisotopic (exact) mass is 237 g/mol. The summed E-state index contributed by atoms with van der Waals surface area (Å²) in [5.41, 5.74) is 7.76. The van der Waals surface area contributed by atoms with E-state index in [1.54, 1.807) is 0 Å². The molecule has 0 aliphatic rings. The molecular weight excluding hydrogens is 214 g/mol. The van der Waals surface area contributed by atoms with Gasteiger partial charge >= 0.3 is 0 Å². The Bertz CT molecular complexity index is 371. The van der Waals surface area contributed by atoms with Crippen molar-refractivity contribution in [3.63, 3.8) is 0 Å². The molecule has 0 aliphatic heterocycles. The van der Waals surface area contributed by atoms with Crippen molar-refractivity contribution in [1.82, 2.24) is 9.88 Å². The maximum atomic E-state index is 11.8. The number of nitrogens with two attached hydrogens (primary N) is 1. The molecule has 0 saturated heterocycles. The number of carbonyl (C=O) groups is 1. The number of hydrogen-bond donors (Lipinski definition) is 2. The zero-order valence-electron chi connectivity index (χ0n) is 11.0. The standard InChI is InChI=1S/C13H23N3O/c1-10(5-4-8-14)13(17)15-9-12-7-6-11(2)16(12)3/h6-7,10H,4-5,8-9,14H2,1-3H3,(H,15,17). The number of carbonyl (C=O) groups excluding carboxylic acids is 1. The highest BCUT2D eigenvalue weighted by atomic mass is 16.1. The molecule has 96 valence electrons. The van der Waals surface area contributed by atoms with Crippen molar-refractivity contribution in [2.24, 2.45) is 18.7 Å². The Kier molecular flexibility index (Phi) is 5.22. The summed E-state index contributed by atoms with van der Waals surface area (Å²) in [6.07, 6.45) is 1.76. The molecule has 1 aromatic heterocycles. The van der Waals surface area contributed by atoms with Crippen LogP contribution in [0.2, 0.25) is 0 Å². The first-order chi connectivity index (χ1) is 8.06. The fraction of sp³-hybridized carbons (Fsp3) is 0.615. The first-order valence-corrected chi connectivity index (χ1v) is 6.15. The van der Waals surface area contributed by atoms with E-state index in [0.717, 1.165) is 18.5 Å². The van der Waals surface area contributed by atoms with Gasteiger partial charge in [-0.1, -0.05) is 6.92 Å². The molecule has 0 spiro atoms. The largest absolute Gasteiger partial charge is 0.350 e. The maximum Gasteiger partial charge on any atom is 0.223 e. The summed E-state index contributed by atoms with van der Waals surface area (Å²) < 4.78 is 2.09. The van der Waals surface area contributed by atoms with Crippen molar-refractivity contribution in [2.75, 3.05) is 6.54 Å². The molecule has 3 N–H and O–H groups in total. The molecule has 4 nitrogen and oxygen atoms in total. The minimum Gasteiger partial charge on any atom is -0.350 e. The lowest BCUT2D eigenvalue weighted by molar-refractivity contribution is -0.124. The Hall–Kier alpha value is -1.29. The molecule has 1 amide bonds. The number of nitrogens with one attached hydrogen (secondary N) is 1. The molecule has 17 heavy (non-hydrogen) atoms. The van der Waals surface area contributed by atoms with Crippen LogP contribution in [-0.2, 0) is 18.4 Å². The van der Waals surface area contributed by atoms with Crippen molar-refractivity contribution >= 4 is 5.91 Å². The Morgan fingerprint density at radius 1 is 1.53 bits per heavy atom. The predicted octanol–water partition coefficient (Wildman–Crippen LogP) is 1.32. The molecule has 0 saturated carbocycles. The zero-order chi connectivity index (χ0) is 12.8. The third kappa shape index (κ3) is 3.89. The maximum absolute atomic E-state index is 11.8. The van der Waals surface area contributed by atoms with Gasteiger partial charge in [0, 0.05) is 24.4 Å². The second kappa shape index (κ2) is 6.45. The van der Waals surface area contributed by atoms with Crippen LogP contribution in [0.3, 0.4) is 0 Å². The van der Waals surface area contributed by atoms with Gasteiger partial charge in [0.2, 0.25) is 5.91 Å². The lowest BCUT2D eigenvalue weighted by atomic mass is 10.1. The van der Waals surface area contributed by atoms with E-state index < -0.39 is 0 Å². The van der Waals surface area contributed by atoms with E-state index in [0.29, 0.717) is 13.1 Å². The molecule has 0 aliphatic carbocycles. The van der Waals surface area contributed by atoms with Crippen LogP contribution >= 0.6 is 0 Å². The van der Waals surface area contributed by atoms with E-state index in [-0.39, 0.29) is 11.8 Å². The van der Waals surface area contributed by atoms with Crippen LogP contribution in [0.1, 0.15) is 31.2 Å². The van der Waals surface area contributed by atoms with Crippen molar-refractivity contribution in [3.05, 3.63) is 23.5 Å². The van der Waals surface area contributed by atoms with Crippen LogP contribution in [0.25, 0.3) is 0 Å². The quantitative estimate of drug-likeness (QED) is 0.784. The Morgan fingerprint density at radius 2 is 2.24 bits per heavy atom. The summed E-state index contributed by atoms with van der Waals surface area (Å²) in [5.74, 6) is 0.150. The van der Waals surface area contributed by atoms with E-state index in [1.807, 2.05) is 20.0 Å². The van der Waals surface area contributed by atoms with Crippen LogP contribution in [0, 0.1) is 12.8 Å². The number of hydrogen-bond acceptors (Lipinski definition) is 2. The van der Waals surface area contributed by atoms with Gasteiger partial charge in [-0.15, -0.1) is 0 Å².